The zero-order valence-electron chi connectivity index (χ0n) is 14.1. The minimum Gasteiger partial charge on any atom is -0.349 e. The molecule has 1 heterocycles. The summed E-state index contributed by atoms with van der Waals surface area (Å²) in [7, 11) is 0. The van der Waals surface area contributed by atoms with Crippen molar-refractivity contribution >= 4 is 5.78 Å². The van der Waals surface area contributed by atoms with Crippen molar-refractivity contribution in [3.05, 3.63) is 35.9 Å². The third-order valence-electron chi connectivity index (χ3n) is 5.87. The molecule has 3 aliphatic rings. The number of ketones is 1. The molecule has 3 nitrogen and oxygen atoms in total. The average molecular weight is 314 g/mol. The predicted molar refractivity (Wildman–Crippen MR) is 87.9 cm³/mol. The van der Waals surface area contributed by atoms with Gasteiger partial charge in [0.15, 0.2) is 5.79 Å². The van der Waals surface area contributed by atoms with Crippen LogP contribution in [0, 0.1) is 23.2 Å². The van der Waals surface area contributed by atoms with Gasteiger partial charge >= 0.3 is 0 Å². The lowest BCUT2D eigenvalue weighted by Gasteiger charge is -2.42. The quantitative estimate of drug-likeness (QED) is 0.836. The first-order valence-corrected chi connectivity index (χ1v) is 8.81. The molecule has 1 aromatic carbocycles. The van der Waals surface area contributed by atoms with Crippen molar-refractivity contribution < 1.29 is 14.3 Å². The number of fused-ring (bicyclic) bond motifs is 1. The van der Waals surface area contributed by atoms with Crippen molar-refractivity contribution in [1.29, 1.82) is 0 Å². The fourth-order valence-electron chi connectivity index (χ4n) is 4.61. The summed E-state index contributed by atoms with van der Waals surface area (Å²) >= 11 is 0. The second-order valence-corrected chi connectivity index (χ2v) is 8.45. The van der Waals surface area contributed by atoms with Gasteiger partial charge in [0.05, 0.1) is 13.2 Å². The van der Waals surface area contributed by atoms with E-state index in [1.54, 1.807) is 0 Å². The molecule has 0 unspecified atom stereocenters. The lowest BCUT2D eigenvalue weighted by molar-refractivity contribution is -0.297. The standard InChI is InChI=1S/C20H26O3/c1-19(2)12-22-20(23-13-19)10-15-9-18(21)16(17(15)11-20)8-14-6-4-3-5-7-14/h3-7,15-17H,8-13H2,1-2H3/t15-,16-,17+/m1/s1. The lowest BCUT2D eigenvalue weighted by atomic mass is 9.86. The number of ether oxygens (including phenoxy) is 2. The summed E-state index contributed by atoms with van der Waals surface area (Å²) in [6, 6.07) is 10.4. The van der Waals surface area contributed by atoms with Gasteiger partial charge in [0.25, 0.3) is 0 Å². The van der Waals surface area contributed by atoms with Crippen LogP contribution in [0.5, 0.6) is 0 Å². The number of benzene rings is 1. The van der Waals surface area contributed by atoms with Crippen LogP contribution in [-0.2, 0) is 20.7 Å². The summed E-state index contributed by atoms with van der Waals surface area (Å²) in [6.45, 7) is 5.86. The third kappa shape index (κ3) is 2.85. The molecule has 124 valence electrons. The summed E-state index contributed by atoms with van der Waals surface area (Å²) < 4.78 is 12.4. The van der Waals surface area contributed by atoms with Crippen molar-refractivity contribution in [2.45, 2.75) is 45.3 Å². The van der Waals surface area contributed by atoms with Crippen LogP contribution in [0.25, 0.3) is 0 Å². The topological polar surface area (TPSA) is 35.5 Å². The van der Waals surface area contributed by atoms with Gasteiger partial charge in [-0.1, -0.05) is 44.2 Å². The van der Waals surface area contributed by atoms with Gasteiger partial charge in [-0.25, -0.2) is 0 Å². The Morgan fingerprint density at radius 1 is 1.09 bits per heavy atom. The van der Waals surface area contributed by atoms with Crippen LogP contribution in [0.4, 0.5) is 0 Å². The Labute approximate surface area is 138 Å². The molecule has 1 saturated heterocycles. The molecule has 3 heteroatoms. The second-order valence-electron chi connectivity index (χ2n) is 8.45. The number of Topliss-reactive ketones (excluding diaryl/α,β-unsaturated/α-hetero) is 1. The van der Waals surface area contributed by atoms with Crippen LogP contribution < -0.4 is 0 Å². The van der Waals surface area contributed by atoms with Crippen molar-refractivity contribution in [2.24, 2.45) is 23.2 Å². The van der Waals surface area contributed by atoms with Gasteiger partial charge in [0.1, 0.15) is 5.78 Å². The Bertz CT molecular complexity index is 582. The highest BCUT2D eigenvalue weighted by molar-refractivity contribution is 5.84. The van der Waals surface area contributed by atoms with Crippen LogP contribution in [0.15, 0.2) is 30.3 Å². The molecule has 0 radical (unpaired) electrons. The molecule has 3 fully saturated rings. The first-order valence-electron chi connectivity index (χ1n) is 8.81. The van der Waals surface area contributed by atoms with E-state index in [4.69, 9.17) is 9.47 Å². The Balaban J connectivity index is 1.48. The van der Waals surface area contributed by atoms with Crippen LogP contribution in [0.3, 0.4) is 0 Å². The van der Waals surface area contributed by atoms with Crippen LogP contribution in [0.2, 0.25) is 0 Å². The summed E-state index contributed by atoms with van der Waals surface area (Å²) in [5.41, 5.74) is 1.36. The van der Waals surface area contributed by atoms with Crippen molar-refractivity contribution in [2.75, 3.05) is 13.2 Å². The number of carbonyl (C=O) groups is 1. The summed E-state index contributed by atoms with van der Waals surface area (Å²) in [5.74, 6) is 1.03. The van der Waals surface area contributed by atoms with E-state index in [9.17, 15) is 4.79 Å². The molecule has 4 rings (SSSR count). The lowest BCUT2D eigenvalue weighted by Crippen LogP contribution is -2.46. The third-order valence-corrected chi connectivity index (χ3v) is 5.87. The molecule has 3 atom stereocenters. The van der Waals surface area contributed by atoms with Crippen LogP contribution in [-0.4, -0.2) is 24.8 Å². The Hall–Kier alpha value is -1.19. The molecular weight excluding hydrogens is 288 g/mol. The molecular formula is C20H26O3. The first kappa shape index (κ1) is 15.3. The van der Waals surface area contributed by atoms with Crippen molar-refractivity contribution in [1.82, 2.24) is 0 Å². The highest BCUT2D eigenvalue weighted by Gasteiger charge is 2.56. The largest absolute Gasteiger partial charge is 0.349 e. The number of hydrogen-bond acceptors (Lipinski definition) is 3. The second kappa shape index (κ2) is 5.42. The van der Waals surface area contributed by atoms with Crippen molar-refractivity contribution in [3.63, 3.8) is 0 Å². The highest BCUT2D eigenvalue weighted by Crippen LogP contribution is 2.54. The van der Waals surface area contributed by atoms with E-state index in [1.807, 2.05) is 6.07 Å². The zero-order valence-corrected chi connectivity index (χ0v) is 14.1. The molecule has 0 amide bonds. The van der Waals surface area contributed by atoms with E-state index >= 15 is 0 Å². The zero-order chi connectivity index (χ0) is 16.1. The summed E-state index contributed by atoms with van der Waals surface area (Å²) in [5, 5.41) is 0. The fourth-order valence-corrected chi connectivity index (χ4v) is 4.61. The fraction of sp³-hybridized carbons (Fsp3) is 0.650. The monoisotopic (exact) mass is 314 g/mol. The predicted octanol–water partition coefficient (Wildman–Crippen LogP) is 3.61. The maximum atomic E-state index is 12.5. The molecule has 1 aliphatic heterocycles. The van der Waals surface area contributed by atoms with Gasteiger partial charge in [-0.15, -0.1) is 0 Å². The molecule has 1 aromatic rings. The van der Waals surface area contributed by atoms with E-state index in [-0.39, 0.29) is 11.3 Å². The molecule has 0 aromatic heterocycles. The van der Waals surface area contributed by atoms with E-state index in [1.165, 1.54) is 5.56 Å². The smallest absolute Gasteiger partial charge is 0.168 e. The first-order chi connectivity index (χ1) is 11.0. The molecule has 0 N–H and O–H groups in total. The molecule has 2 aliphatic carbocycles. The average Bonchev–Trinajstić information content (AvgIpc) is 3.00. The normalized spacial score (nSPS) is 34.7. The molecule has 23 heavy (non-hydrogen) atoms. The van der Waals surface area contributed by atoms with E-state index < -0.39 is 5.79 Å². The SMILES string of the molecule is CC1(C)COC2(C[C@H]3CC(=O)[C@H](Cc4ccccc4)[C@H]3C2)OC1. The Morgan fingerprint density at radius 3 is 2.48 bits per heavy atom. The van der Waals surface area contributed by atoms with E-state index in [0.717, 1.165) is 32.5 Å². The van der Waals surface area contributed by atoms with Gasteiger partial charge in [-0.3, -0.25) is 4.79 Å². The number of hydrogen-bond donors (Lipinski definition) is 0. The molecule has 2 saturated carbocycles. The van der Waals surface area contributed by atoms with Gasteiger partial charge in [0, 0.05) is 30.6 Å². The maximum absolute atomic E-state index is 12.5. The van der Waals surface area contributed by atoms with E-state index in [0.29, 0.717) is 24.0 Å². The Kier molecular flexibility index (Phi) is 3.62. The molecule has 1 spiro atoms. The van der Waals surface area contributed by atoms with Crippen molar-refractivity contribution in [3.8, 4) is 0 Å². The van der Waals surface area contributed by atoms with E-state index in [2.05, 4.69) is 38.1 Å². The maximum Gasteiger partial charge on any atom is 0.168 e. The highest BCUT2D eigenvalue weighted by atomic mass is 16.7. The van der Waals surface area contributed by atoms with Gasteiger partial charge < -0.3 is 9.47 Å². The summed E-state index contributed by atoms with van der Waals surface area (Å²) in [4.78, 5) is 12.5. The Morgan fingerprint density at radius 2 is 1.78 bits per heavy atom. The van der Waals surface area contributed by atoms with Gasteiger partial charge in [-0.2, -0.15) is 0 Å². The minimum absolute atomic E-state index is 0.0994. The van der Waals surface area contributed by atoms with Gasteiger partial charge in [0.2, 0.25) is 0 Å². The number of rotatable bonds is 2. The van der Waals surface area contributed by atoms with Crippen LogP contribution >= 0.6 is 0 Å². The molecule has 0 bridgehead atoms. The minimum atomic E-state index is -0.416. The van der Waals surface area contributed by atoms with Gasteiger partial charge in [-0.05, 0) is 23.8 Å². The summed E-state index contributed by atoms with van der Waals surface area (Å²) in [6.07, 6.45) is 3.35. The van der Waals surface area contributed by atoms with Crippen LogP contribution in [0.1, 0.15) is 38.7 Å². The number of carbonyl (C=O) groups excluding carboxylic acids is 1.